The maximum absolute atomic E-state index is 11.1. The fourth-order valence-corrected chi connectivity index (χ4v) is 10.3. The predicted octanol–water partition coefficient (Wildman–Crippen LogP) is 8.40. The van der Waals surface area contributed by atoms with E-state index in [9.17, 15) is 5.11 Å². The molecule has 202 valence electrons. The third-order valence-corrected chi connectivity index (χ3v) is 12.7. The quantitative estimate of drug-likeness (QED) is 0.161. The average Bonchev–Trinajstić information content (AvgIpc) is 2.87. The van der Waals surface area contributed by atoms with E-state index in [4.69, 9.17) is 4.43 Å². The van der Waals surface area contributed by atoms with Crippen molar-refractivity contribution in [3.63, 3.8) is 0 Å². The smallest absolute Gasteiger partial charge is 0.261 e. The Balaban J connectivity index is 2.32. The van der Waals surface area contributed by atoms with Crippen molar-refractivity contribution in [1.82, 2.24) is 0 Å². The van der Waals surface area contributed by atoms with Crippen molar-refractivity contribution in [2.75, 3.05) is 0 Å². The Kier molecular flexibility index (Phi) is 14.1. The van der Waals surface area contributed by atoms with Gasteiger partial charge in [0, 0.05) is 6.10 Å². The standard InChI is InChI=1S/C33H54O2Si/c1-6-8-10-12-16-22-29(34)28-30(23-17-13-11-9-7-2)35-36(33(3,4)5,31-24-18-14-19-25-31)32-26-20-15-21-27-32/h14-15,18-21,24-27,29-30,34H,6-13,16-17,22-23,28H2,1-5H3/t29-,30+/m1/s1. The lowest BCUT2D eigenvalue weighted by atomic mass is 10.0. The average molecular weight is 511 g/mol. The molecule has 0 aliphatic rings. The highest BCUT2D eigenvalue weighted by Gasteiger charge is 2.51. The monoisotopic (exact) mass is 510 g/mol. The molecule has 0 aliphatic carbocycles. The van der Waals surface area contributed by atoms with Gasteiger partial charge in [-0.05, 0) is 34.7 Å². The highest BCUT2D eigenvalue weighted by molar-refractivity contribution is 6.99. The van der Waals surface area contributed by atoms with Crippen molar-refractivity contribution < 1.29 is 9.53 Å². The third kappa shape index (κ3) is 9.47. The summed E-state index contributed by atoms with van der Waals surface area (Å²) in [6.45, 7) is 11.6. The van der Waals surface area contributed by atoms with Gasteiger partial charge in [-0.25, -0.2) is 0 Å². The fourth-order valence-electron chi connectivity index (χ4n) is 5.55. The van der Waals surface area contributed by atoms with E-state index in [-0.39, 0.29) is 17.2 Å². The van der Waals surface area contributed by atoms with Gasteiger partial charge in [-0.1, -0.05) is 159 Å². The van der Waals surface area contributed by atoms with Gasteiger partial charge in [0.05, 0.1) is 6.10 Å². The lowest BCUT2D eigenvalue weighted by molar-refractivity contribution is 0.0759. The van der Waals surface area contributed by atoms with Crippen LogP contribution in [0.15, 0.2) is 60.7 Å². The molecule has 0 saturated carbocycles. The highest BCUT2D eigenvalue weighted by Crippen LogP contribution is 2.38. The van der Waals surface area contributed by atoms with E-state index in [2.05, 4.69) is 95.3 Å². The van der Waals surface area contributed by atoms with E-state index in [0.29, 0.717) is 0 Å². The van der Waals surface area contributed by atoms with Gasteiger partial charge in [0.1, 0.15) is 0 Å². The molecule has 0 unspecified atom stereocenters. The zero-order valence-electron chi connectivity index (χ0n) is 24.0. The SMILES string of the molecule is CCCCCCC[C@@H](O)C[C@H](CCCCCCC)O[Si](c1ccccc1)(c1ccccc1)C(C)(C)C. The zero-order chi connectivity index (χ0) is 26.3. The summed E-state index contributed by atoms with van der Waals surface area (Å²) < 4.78 is 7.48. The number of rotatable bonds is 18. The summed E-state index contributed by atoms with van der Waals surface area (Å²) in [5.41, 5.74) is 0. The van der Waals surface area contributed by atoms with Crippen molar-refractivity contribution in [3.8, 4) is 0 Å². The van der Waals surface area contributed by atoms with Gasteiger partial charge in [-0.2, -0.15) is 0 Å². The third-order valence-electron chi connectivity index (χ3n) is 7.57. The first kappa shape index (κ1) is 30.8. The number of aliphatic hydroxyl groups is 1. The largest absolute Gasteiger partial charge is 0.404 e. The Bertz CT molecular complexity index is 760. The molecule has 3 heteroatoms. The topological polar surface area (TPSA) is 29.5 Å². The second kappa shape index (κ2) is 16.4. The number of hydrogen-bond donors (Lipinski definition) is 1. The molecule has 0 spiro atoms. The molecule has 0 heterocycles. The molecule has 1 N–H and O–H groups in total. The van der Waals surface area contributed by atoms with E-state index >= 15 is 0 Å². The lowest BCUT2D eigenvalue weighted by Gasteiger charge is -2.45. The molecular weight excluding hydrogens is 456 g/mol. The fraction of sp³-hybridized carbons (Fsp3) is 0.636. The van der Waals surface area contributed by atoms with Crippen LogP contribution in [0.2, 0.25) is 5.04 Å². The van der Waals surface area contributed by atoms with Crippen LogP contribution in [0.5, 0.6) is 0 Å². The van der Waals surface area contributed by atoms with E-state index in [1.807, 2.05) is 0 Å². The van der Waals surface area contributed by atoms with Crippen LogP contribution in [0.25, 0.3) is 0 Å². The van der Waals surface area contributed by atoms with E-state index < -0.39 is 8.32 Å². The summed E-state index contributed by atoms with van der Waals surface area (Å²) in [4.78, 5) is 0. The molecule has 2 rings (SSSR count). The van der Waals surface area contributed by atoms with Crippen LogP contribution < -0.4 is 10.4 Å². The van der Waals surface area contributed by atoms with Crippen LogP contribution >= 0.6 is 0 Å². The van der Waals surface area contributed by atoms with Crippen molar-refractivity contribution in [3.05, 3.63) is 60.7 Å². The van der Waals surface area contributed by atoms with Crippen LogP contribution in [0.3, 0.4) is 0 Å². The second-order valence-electron chi connectivity index (χ2n) is 11.7. The Hall–Kier alpha value is -1.42. The molecule has 2 atom stereocenters. The van der Waals surface area contributed by atoms with Crippen LogP contribution in [0, 0.1) is 0 Å². The van der Waals surface area contributed by atoms with Gasteiger partial charge in [0.2, 0.25) is 0 Å². The van der Waals surface area contributed by atoms with Gasteiger partial charge in [-0.3, -0.25) is 0 Å². The summed E-state index contributed by atoms with van der Waals surface area (Å²) >= 11 is 0. The van der Waals surface area contributed by atoms with Crippen LogP contribution in [-0.4, -0.2) is 25.6 Å². The molecule has 0 saturated heterocycles. The molecule has 0 aromatic heterocycles. The molecule has 0 fully saturated rings. The Labute approximate surface area is 224 Å². The minimum absolute atomic E-state index is 0.0404. The van der Waals surface area contributed by atoms with E-state index in [1.165, 1.54) is 68.2 Å². The predicted molar refractivity (Wildman–Crippen MR) is 160 cm³/mol. The van der Waals surface area contributed by atoms with Gasteiger partial charge in [0.25, 0.3) is 8.32 Å². The summed E-state index contributed by atoms with van der Waals surface area (Å²) in [5.74, 6) is 0. The zero-order valence-corrected chi connectivity index (χ0v) is 25.0. The molecule has 0 radical (unpaired) electrons. The van der Waals surface area contributed by atoms with Gasteiger partial charge < -0.3 is 9.53 Å². The first-order valence-corrected chi connectivity index (χ1v) is 16.7. The first-order chi connectivity index (χ1) is 17.3. The van der Waals surface area contributed by atoms with Crippen molar-refractivity contribution >= 4 is 18.7 Å². The maximum Gasteiger partial charge on any atom is 0.261 e. The minimum Gasteiger partial charge on any atom is -0.404 e. The van der Waals surface area contributed by atoms with Crippen LogP contribution in [0.4, 0.5) is 0 Å². The molecule has 0 amide bonds. The summed E-state index contributed by atoms with van der Waals surface area (Å²) in [6, 6.07) is 21.9. The lowest BCUT2D eigenvalue weighted by Crippen LogP contribution is -2.67. The number of benzene rings is 2. The molecule has 36 heavy (non-hydrogen) atoms. The first-order valence-electron chi connectivity index (χ1n) is 14.8. The van der Waals surface area contributed by atoms with Crippen molar-refractivity contribution in [2.24, 2.45) is 0 Å². The highest BCUT2D eigenvalue weighted by atomic mass is 28.4. The van der Waals surface area contributed by atoms with E-state index in [1.54, 1.807) is 0 Å². The van der Waals surface area contributed by atoms with Gasteiger partial charge in [-0.15, -0.1) is 0 Å². The van der Waals surface area contributed by atoms with Crippen LogP contribution in [-0.2, 0) is 4.43 Å². The van der Waals surface area contributed by atoms with Crippen LogP contribution in [0.1, 0.15) is 118 Å². The number of unbranched alkanes of at least 4 members (excludes halogenated alkanes) is 8. The molecule has 0 aliphatic heterocycles. The Morgan fingerprint density at radius 1 is 0.667 bits per heavy atom. The van der Waals surface area contributed by atoms with Gasteiger partial charge >= 0.3 is 0 Å². The molecular formula is C33H54O2Si. The van der Waals surface area contributed by atoms with Crippen molar-refractivity contribution in [2.45, 2.75) is 135 Å². The number of aliphatic hydroxyl groups excluding tert-OH is 1. The minimum atomic E-state index is -2.61. The van der Waals surface area contributed by atoms with Gasteiger partial charge in [0.15, 0.2) is 0 Å². The summed E-state index contributed by atoms with van der Waals surface area (Å²) in [5, 5.41) is 13.7. The maximum atomic E-state index is 11.1. The molecule has 2 aromatic rings. The summed E-state index contributed by atoms with van der Waals surface area (Å²) in [7, 11) is -2.61. The molecule has 2 aromatic carbocycles. The van der Waals surface area contributed by atoms with Crippen molar-refractivity contribution in [1.29, 1.82) is 0 Å². The molecule has 2 nitrogen and oxygen atoms in total. The Morgan fingerprint density at radius 3 is 1.56 bits per heavy atom. The van der Waals surface area contributed by atoms with E-state index in [0.717, 1.165) is 25.7 Å². The Morgan fingerprint density at radius 2 is 1.11 bits per heavy atom. The normalized spacial score (nSPS) is 14.1. The number of hydrogen-bond acceptors (Lipinski definition) is 2. The molecule has 0 bridgehead atoms. The summed E-state index contributed by atoms with van der Waals surface area (Å²) in [6.07, 6.45) is 14.9. The second-order valence-corrected chi connectivity index (χ2v) is 16.0.